The lowest BCUT2D eigenvalue weighted by Gasteiger charge is -2.30. The van der Waals surface area contributed by atoms with Gasteiger partial charge in [-0.3, -0.25) is 0 Å². The van der Waals surface area contributed by atoms with Crippen molar-refractivity contribution in [1.82, 2.24) is 5.32 Å². The van der Waals surface area contributed by atoms with Gasteiger partial charge in [0.1, 0.15) is 5.82 Å². The van der Waals surface area contributed by atoms with E-state index in [2.05, 4.69) is 5.32 Å². The van der Waals surface area contributed by atoms with Crippen LogP contribution in [0.5, 0.6) is 0 Å². The third-order valence-corrected chi connectivity index (χ3v) is 3.95. The standard InChI is InChI=1S/C15H22FNO/c1-18-11-10-17-12-15(8-4-5-9-15)13-6-2-3-7-14(13)16/h2-3,6-7,17H,4-5,8-12H2,1H3. The van der Waals surface area contributed by atoms with E-state index in [1.807, 2.05) is 12.1 Å². The van der Waals surface area contributed by atoms with E-state index in [1.165, 1.54) is 12.8 Å². The second kappa shape index (κ2) is 6.30. The van der Waals surface area contributed by atoms with Crippen LogP contribution >= 0.6 is 0 Å². The highest BCUT2D eigenvalue weighted by Gasteiger charge is 2.36. The number of nitrogens with one attached hydrogen (secondary N) is 1. The van der Waals surface area contributed by atoms with Gasteiger partial charge in [-0.2, -0.15) is 0 Å². The summed E-state index contributed by atoms with van der Waals surface area (Å²) < 4.78 is 19.0. The first-order valence-electron chi connectivity index (χ1n) is 6.73. The Labute approximate surface area is 109 Å². The van der Waals surface area contributed by atoms with Crippen LogP contribution in [0.2, 0.25) is 0 Å². The van der Waals surface area contributed by atoms with Gasteiger partial charge < -0.3 is 10.1 Å². The van der Waals surface area contributed by atoms with Crippen molar-refractivity contribution < 1.29 is 9.13 Å². The Balaban J connectivity index is 2.09. The molecule has 1 aliphatic rings. The summed E-state index contributed by atoms with van der Waals surface area (Å²) in [5, 5.41) is 3.40. The molecule has 0 bridgehead atoms. The van der Waals surface area contributed by atoms with E-state index in [9.17, 15) is 4.39 Å². The van der Waals surface area contributed by atoms with Crippen molar-refractivity contribution in [3.63, 3.8) is 0 Å². The van der Waals surface area contributed by atoms with Gasteiger partial charge >= 0.3 is 0 Å². The summed E-state index contributed by atoms with van der Waals surface area (Å²) in [6.45, 7) is 2.37. The first-order valence-corrected chi connectivity index (χ1v) is 6.73. The maximum atomic E-state index is 14.0. The van der Waals surface area contributed by atoms with Gasteiger partial charge in [-0.05, 0) is 24.5 Å². The molecule has 0 amide bonds. The fraction of sp³-hybridized carbons (Fsp3) is 0.600. The molecule has 3 heteroatoms. The molecule has 1 aromatic carbocycles. The van der Waals surface area contributed by atoms with E-state index in [0.717, 1.165) is 31.5 Å². The fourth-order valence-electron chi connectivity index (χ4n) is 2.99. The lowest BCUT2D eigenvalue weighted by atomic mass is 9.78. The van der Waals surface area contributed by atoms with Crippen LogP contribution in [0.1, 0.15) is 31.2 Å². The number of rotatable bonds is 6. The topological polar surface area (TPSA) is 21.3 Å². The van der Waals surface area contributed by atoms with Crippen molar-refractivity contribution in [3.8, 4) is 0 Å². The molecule has 1 aliphatic carbocycles. The molecule has 0 saturated heterocycles. The summed E-state index contributed by atoms with van der Waals surface area (Å²) in [7, 11) is 1.70. The average Bonchev–Trinajstić information content (AvgIpc) is 2.85. The first kappa shape index (κ1) is 13.5. The van der Waals surface area contributed by atoms with Crippen molar-refractivity contribution in [1.29, 1.82) is 0 Å². The largest absolute Gasteiger partial charge is 0.383 e. The van der Waals surface area contributed by atoms with Gasteiger partial charge in [0.05, 0.1) is 6.61 Å². The van der Waals surface area contributed by atoms with Crippen LogP contribution in [0, 0.1) is 5.82 Å². The molecular weight excluding hydrogens is 229 g/mol. The molecule has 0 radical (unpaired) electrons. The molecule has 0 aromatic heterocycles. The zero-order chi connectivity index (χ0) is 12.8. The van der Waals surface area contributed by atoms with Crippen LogP contribution in [0.4, 0.5) is 4.39 Å². The predicted octanol–water partition coefficient (Wildman–Crippen LogP) is 2.87. The van der Waals surface area contributed by atoms with Crippen LogP contribution < -0.4 is 5.32 Å². The minimum absolute atomic E-state index is 0.0148. The third-order valence-electron chi connectivity index (χ3n) is 3.95. The van der Waals surface area contributed by atoms with Gasteiger partial charge in [-0.15, -0.1) is 0 Å². The van der Waals surface area contributed by atoms with Crippen LogP contribution in [-0.2, 0) is 10.2 Å². The highest BCUT2D eigenvalue weighted by Crippen LogP contribution is 2.41. The molecule has 2 nitrogen and oxygen atoms in total. The molecule has 18 heavy (non-hydrogen) atoms. The lowest BCUT2D eigenvalue weighted by Crippen LogP contribution is -2.38. The lowest BCUT2D eigenvalue weighted by molar-refractivity contribution is 0.196. The van der Waals surface area contributed by atoms with Crippen molar-refractivity contribution in [2.75, 3.05) is 26.8 Å². The van der Waals surface area contributed by atoms with Gasteiger partial charge in [0.15, 0.2) is 0 Å². The molecule has 1 N–H and O–H groups in total. The van der Waals surface area contributed by atoms with Gasteiger partial charge in [0.25, 0.3) is 0 Å². The highest BCUT2D eigenvalue weighted by atomic mass is 19.1. The van der Waals surface area contributed by atoms with Crippen LogP contribution in [0.15, 0.2) is 24.3 Å². The van der Waals surface area contributed by atoms with Crippen LogP contribution in [0.25, 0.3) is 0 Å². The second-order valence-electron chi connectivity index (χ2n) is 5.14. The van der Waals surface area contributed by atoms with Gasteiger partial charge in [0.2, 0.25) is 0 Å². The van der Waals surface area contributed by atoms with E-state index >= 15 is 0 Å². The zero-order valence-corrected chi connectivity index (χ0v) is 11.0. The van der Waals surface area contributed by atoms with Gasteiger partial charge in [0, 0.05) is 25.6 Å². The summed E-state index contributed by atoms with van der Waals surface area (Å²) in [5.41, 5.74) is 0.867. The third kappa shape index (κ3) is 2.90. The molecule has 0 aliphatic heterocycles. The normalized spacial score (nSPS) is 18.1. The minimum Gasteiger partial charge on any atom is -0.383 e. The zero-order valence-electron chi connectivity index (χ0n) is 11.0. The molecule has 1 aromatic rings. The minimum atomic E-state index is -0.0621. The second-order valence-corrected chi connectivity index (χ2v) is 5.14. The molecule has 2 rings (SSSR count). The molecule has 0 unspecified atom stereocenters. The molecule has 100 valence electrons. The number of benzene rings is 1. The molecule has 1 saturated carbocycles. The predicted molar refractivity (Wildman–Crippen MR) is 71.3 cm³/mol. The maximum absolute atomic E-state index is 14.0. The van der Waals surface area contributed by atoms with E-state index in [-0.39, 0.29) is 11.2 Å². The van der Waals surface area contributed by atoms with Gasteiger partial charge in [-0.1, -0.05) is 31.0 Å². The monoisotopic (exact) mass is 251 g/mol. The van der Waals surface area contributed by atoms with E-state index in [0.29, 0.717) is 6.61 Å². The number of halogens is 1. The summed E-state index contributed by atoms with van der Waals surface area (Å²) in [6, 6.07) is 7.22. The van der Waals surface area contributed by atoms with E-state index < -0.39 is 0 Å². The number of hydrogen-bond donors (Lipinski definition) is 1. The van der Waals surface area contributed by atoms with Gasteiger partial charge in [-0.25, -0.2) is 4.39 Å². The van der Waals surface area contributed by atoms with Crippen molar-refractivity contribution >= 4 is 0 Å². The van der Waals surface area contributed by atoms with E-state index in [1.54, 1.807) is 19.2 Å². The van der Waals surface area contributed by atoms with Crippen molar-refractivity contribution in [3.05, 3.63) is 35.6 Å². The van der Waals surface area contributed by atoms with Crippen molar-refractivity contribution in [2.24, 2.45) is 0 Å². The Morgan fingerprint density at radius 2 is 2.00 bits per heavy atom. The molecule has 0 spiro atoms. The average molecular weight is 251 g/mol. The Kier molecular flexibility index (Phi) is 4.72. The first-order chi connectivity index (χ1) is 8.78. The Bertz CT molecular complexity index is 375. The van der Waals surface area contributed by atoms with Crippen molar-refractivity contribution in [2.45, 2.75) is 31.1 Å². The summed E-state index contributed by atoms with van der Waals surface area (Å²) in [5.74, 6) is -0.0621. The number of hydrogen-bond acceptors (Lipinski definition) is 2. The maximum Gasteiger partial charge on any atom is 0.127 e. The van der Waals surface area contributed by atoms with Crippen LogP contribution in [0.3, 0.4) is 0 Å². The number of methoxy groups -OCH3 is 1. The number of ether oxygens (including phenoxy) is 1. The highest BCUT2D eigenvalue weighted by molar-refractivity contribution is 5.29. The quantitative estimate of drug-likeness (QED) is 0.785. The van der Waals surface area contributed by atoms with Crippen LogP contribution in [-0.4, -0.2) is 26.8 Å². The molecule has 0 atom stereocenters. The fourth-order valence-corrected chi connectivity index (χ4v) is 2.99. The molecule has 0 heterocycles. The smallest absolute Gasteiger partial charge is 0.127 e. The van der Waals surface area contributed by atoms with E-state index in [4.69, 9.17) is 4.74 Å². The molecular formula is C15H22FNO. The summed E-state index contributed by atoms with van der Waals surface area (Å²) in [6.07, 6.45) is 4.54. The Hall–Kier alpha value is -0.930. The summed E-state index contributed by atoms with van der Waals surface area (Å²) >= 11 is 0. The SMILES string of the molecule is COCCNCC1(c2ccccc2F)CCCC1. The molecule has 1 fully saturated rings. The Morgan fingerprint density at radius 3 is 2.67 bits per heavy atom. The summed E-state index contributed by atoms with van der Waals surface area (Å²) in [4.78, 5) is 0. The Morgan fingerprint density at radius 1 is 1.28 bits per heavy atom.